The average molecular weight is 535 g/mol. The fourth-order valence-electron chi connectivity index (χ4n) is 5.63. The number of carbonyl (C=O) groups is 4. The third-order valence-electron chi connectivity index (χ3n) is 7.63. The van der Waals surface area contributed by atoms with E-state index in [2.05, 4.69) is 23.0 Å². The largest absolute Gasteiger partial charge is 0.270 e. The maximum absolute atomic E-state index is 13.6. The van der Waals surface area contributed by atoms with E-state index in [9.17, 15) is 19.2 Å². The Bertz CT molecular complexity index is 1500. The molecule has 2 aromatic heterocycles. The first-order valence-electron chi connectivity index (χ1n) is 13.7. The zero-order valence-electron chi connectivity index (χ0n) is 22.6. The van der Waals surface area contributed by atoms with Crippen molar-refractivity contribution in [2.24, 2.45) is 0 Å². The first-order chi connectivity index (χ1) is 19.4. The van der Waals surface area contributed by atoms with Gasteiger partial charge in [-0.05, 0) is 35.4 Å². The maximum Gasteiger partial charge on any atom is 0.261 e. The SMILES string of the molecule is CCC[n+]1ccc(CN2C(=O)c3ccc4c5c(ccc(c35)C2=O)C(=O)N(Cc2cc[n+](CCC)cc2)C4=O)cc1. The highest BCUT2D eigenvalue weighted by atomic mass is 16.2. The highest BCUT2D eigenvalue weighted by molar-refractivity contribution is 6.33. The monoisotopic (exact) mass is 534 g/mol. The van der Waals surface area contributed by atoms with Gasteiger partial charge in [-0.2, -0.15) is 0 Å². The molecule has 0 saturated carbocycles. The second-order valence-electron chi connectivity index (χ2n) is 10.4. The first kappa shape index (κ1) is 25.6. The molecule has 0 spiro atoms. The fourth-order valence-corrected chi connectivity index (χ4v) is 5.63. The lowest BCUT2D eigenvalue weighted by Crippen LogP contribution is -2.43. The van der Waals surface area contributed by atoms with E-state index in [-0.39, 0.29) is 13.1 Å². The predicted octanol–water partition coefficient (Wildman–Crippen LogP) is 3.83. The van der Waals surface area contributed by atoms with Crippen LogP contribution in [0.25, 0.3) is 10.8 Å². The van der Waals surface area contributed by atoms with Crippen LogP contribution in [0.15, 0.2) is 73.3 Å². The van der Waals surface area contributed by atoms with Gasteiger partial charge < -0.3 is 0 Å². The molecule has 0 N–H and O–H groups in total. The molecule has 0 unspecified atom stereocenters. The Balaban J connectivity index is 1.34. The second kappa shape index (κ2) is 10.1. The Morgan fingerprint density at radius 3 is 1.07 bits per heavy atom. The van der Waals surface area contributed by atoms with Gasteiger partial charge in [0, 0.05) is 70.1 Å². The van der Waals surface area contributed by atoms with E-state index in [1.807, 2.05) is 49.1 Å². The number of hydrogen-bond donors (Lipinski definition) is 0. The van der Waals surface area contributed by atoms with Gasteiger partial charge in [0.05, 0.1) is 13.1 Å². The molecular formula is C32H30N4O4+2. The molecular weight excluding hydrogens is 504 g/mol. The van der Waals surface area contributed by atoms with Crippen molar-refractivity contribution in [3.63, 3.8) is 0 Å². The van der Waals surface area contributed by atoms with Crippen molar-refractivity contribution in [3.05, 3.63) is 107 Å². The molecule has 4 heterocycles. The summed E-state index contributed by atoms with van der Waals surface area (Å²) in [5.74, 6) is -1.73. The molecule has 2 aliphatic rings. The van der Waals surface area contributed by atoms with Crippen molar-refractivity contribution in [1.82, 2.24) is 9.80 Å². The van der Waals surface area contributed by atoms with Gasteiger partial charge in [-0.25, -0.2) is 9.13 Å². The molecule has 2 aromatic carbocycles. The highest BCUT2D eigenvalue weighted by Gasteiger charge is 2.39. The minimum atomic E-state index is -0.432. The molecule has 0 saturated heterocycles. The summed E-state index contributed by atoms with van der Waals surface area (Å²) in [6.45, 7) is 6.25. The summed E-state index contributed by atoms with van der Waals surface area (Å²) < 4.78 is 4.11. The molecule has 0 atom stereocenters. The molecule has 0 radical (unpaired) electrons. The van der Waals surface area contributed by atoms with Crippen LogP contribution in [0.5, 0.6) is 0 Å². The highest BCUT2D eigenvalue weighted by Crippen LogP contribution is 2.38. The van der Waals surface area contributed by atoms with Crippen molar-refractivity contribution >= 4 is 34.4 Å². The number of hydrogen-bond acceptors (Lipinski definition) is 4. The van der Waals surface area contributed by atoms with Crippen molar-refractivity contribution in [2.45, 2.75) is 52.9 Å². The Kier molecular flexibility index (Phi) is 6.46. The van der Waals surface area contributed by atoms with Crippen LogP contribution < -0.4 is 9.13 Å². The van der Waals surface area contributed by atoms with Crippen LogP contribution in [-0.4, -0.2) is 33.4 Å². The number of benzene rings is 2. The quantitative estimate of drug-likeness (QED) is 0.254. The van der Waals surface area contributed by atoms with Crippen LogP contribution in [0, 0.1) is 0 Å². The molecule has 4 aromatic rings. The Morgan fingerprint density at radius 1 is 0.500 bits per heavy atom. The Morgan fingerprint density at radius 2 is 0.800 bits per heavy atom. The van der Waals surface area contributed by atoms with E-state index in [1.165, 1.54) is 9.80 Å². The molecule has 2 aliphatic heterocycles. The standard InChI is InChI=1S/C32H30N4O4/c1-3-13-33-15-9-21(10-16-33)19-35-29(37)23-5-7-25-28-26(8-6-24(27(23)28)30(35)38)32(40)36(31(25)39)20-22-11-17-34(14-4-2)18-12-22/h5-12,15-18H,3-4,13-14,19-20H2,1-2H3/q+2. The van der Waals surface area contributed by atoms with Crippen LogP contribution in [0.4, 0.5) is 0 Å². The third-order valence-corrected chi connectivity index (χ3v) is 7.63. The summed E-state index contributed by atoms with van der Waals surface area (Å²) in [6, 6.07) is 14.1. The number of aryl methyl sites for hydroxylation is 2. The van der Waals surface area contributed by atoms with Crippen molar-refractivity contribution in [3.8, 4) is 0 Å². The van der Waals surface area contributed by atoms with Crippen molar-refractivity contribution < 1.29 is 28.3 Å². The van der Waals surface area contributed by atoms with E-state index >= 15 is 0 Å². The van der Waals surface area contributed by atoms with E-state index < -0.39 is 23.6 Å². The number of aromatic nitrogens is 2. The fraction of sp³-hybridized carbons (Fsp3) is 0.250. The smallest absolute Gasteiger partial charge is 0.261 e. The van der Waals surface area contributed by atoms with E-state index in [1.54, 1.807) is 24.3 Å². The molecule has 8 heteroatoms. The van der Waals surface area contributed by atoms with Crippen LogP contribution in [0.2, 0.25) is 0 Å². The summed E-state index contributed by atoms with van der Waals surface area (Å²) in [6.07, 6.45) is 9.78. The number of imide groups is 2. The van der Waals surface area contributed by atoms with E-state index in [4.69, 9.17) is 0 Å². The number of rotatable bonds is 8. The molecule has 8 nitrogen and oxygen atoms in total. The molecule has 0 aliphatic carbocycles. The van der Waals surface area contributed by atoms with Gasteiger partial charge in [0.2, 0.25) is 0 Å². The lowest BCUT2D eigenvalue weighted by atomic mass is 9.85. The van der Waals surface area contributed by atoms with Gasteiger partial charge in [-0.3, -0.25) is 29.0 Å². The second-order valence-corrected chi connectivity index (χ2v) is 10.4. The van der Waals surface area contributed by atoms with Gasteiger partial charge >= 0.3 is 0 Å². The zero-order chi connectivity index (χ0) is 28.0. The number of carbonyl (C=O) groups excluding carboxylic acids is 4. The minimum absolute atomic E-state index is 0.135. The lowest BCUT2D eigenvalue weighted by molar-refractivity contribution is -0.697. The van der Waals surface area contributed by atoms with Gasteiger partial charge in [-0.15, -0.1) is 0 Å². The summed E-state index contributed by atoms with van der Waals surface area (Å²) in [4.78, 5) is 56.8. The van der Waals surface area contributed by atoms with Crippen molar-refractivity contribution in [2.75, 3.05) is 0 Å². The zero-order valence-corrected chi connectivity index (χ0v) is 22.6. The first-order valence-corrected chi connectivity index (χ1v) is 13.7. The summed E-state index contributed by atoms with van der Waals surface area (Å²) >= 11 is 0. The predicted molar refractivity (Wildman–Crippen MR) is 146 cm³/mol. The van der Waals surface area contributed by atoms with Crippen LogP contribution in [-0.2, 0) is 26.2 Å². The molecule has 6 rings (SSSR count). The number of nitrogens with zero attached hydrogens (tertiary/aromatic N) is 4. The maximum atomic E-state index is 13.6. The Hall–Kier alpha value is -4.72. The van der Waals surface area contributed by atoms with E-state index in [0.717, 1.165) is 37.1 Å². The van der Waals surface area contributed by atoms with Crippen LogP contribution >= 0.6 is 0 Å². The number of pyridine rings is 2. The molecule has 4 amide bonds. The van der Waals surface area contributed by atoms with Gasteiger partial charge in [-0.1, -0.05) is 13.8 Å². The topological polar surface area (TPSA) is 82.5 Å². The van der Waals surface area contributed by atoms with Crippen LogP contribution in [0.3, 0.4) is 0 Å². The minimum Gasteiger partial charge on any atom is -0.270 e. The average Bonchev–Trinajstić information content (AvgIpc) is 2.97. The van der Waals surface area contributed by atoms with Gasteiger partial charge in [0.1, 0.15) is 13.1 Å². The normalized spacial score (nSPS) is 14.4. The Labute approximate surface area is 232 Å². The lowest BCUT2D eigenvalue weighted by Gasteiger charge is -2.32. The number of amides is 4. The van der Waals surface area contributed by atoms with E-state index in [0.29, 0.717) is 33.0 Å². The molecule has 40 heavy (non-hydrogen) atoms. The summed E-state index contributed by atoms with van der Waals surface area (Å²) in [7, 11) is 0. The summed E-state index contributed by atoms with van der Waals surface area (Å²) in [5, 5.41) is 0.772. The third kappa shape index (κ3) is 4.16. The van der Waals surface area contributed by atoms with Crippen LogP contribution in [0.1, 0.15) is 79.2 Å². The molecule has 0 fully saturated rings. The van der Waals surface area contributed by atoms with Gasteiger partial charge in [0.15, 0.2) is 24.8 Å². The summed E-state index contributed by atoms with van der Waals surface area (Å²) in [5.41, 5.74) is 2.97. The van der Waals surface area contributed by atoms with Gasteiger partial charge in [0.25, 0.3) is 23.6 Å². The van der Waals surface area contributed by atoms with Crippen molar-refractivity contribution in [1.29, 1.82) is 0 Å². The molecule has 200 valence electrons. The molecule has 0 bridgehead atoms.